The molecule has 1 aromatic heterocycles. The van der Waals surface area contributed by atoms with E-state index in [0.29, 0.717) is 5.88 Å². The van der Waals surface area contributed by atoms with Gasteiger partial charge in [-0.15, -0.1) is 0 Å². The molecule has 2 rings (SSSR count). The molecule has 1 aromatic carbocycles. The van der Waals surface area contributed by atoms with Gasteiger partial charge in [0.1, 0.15) is 12.5 Å². The monoisotopic (exact) mass is 243 g/mol. The maximum atomic E-state index is 11.2. The smallest absolute Gasteiger partial charge is 0.314 e. The minimum Gasteiger partial charge on any atom is -0.481 e. The van der Waals surface area contributed by atoms with E-state index in [4.69, 9.17) is 4.74 Å². The molecule has 1 unspecified atom stereocenters. The van der Waals surface area contributed by atoms with Crippen molar-refractivity contribution in [2.24, 2.45) is 0 Å². The normalized spacial score (nSPS) is 11.8. The summed E-state index contributed by atoms with van der Waals surface area (Å²) >= 11 is 0. The predicted molar refractivity (Wildman–Crippen MR) is 66.6 cm³/mol. The highest BCUT2D eigenvalue weighted by atomic mass is 16.5. The van der Waals surface area contributed by atoms with Crippen LogP contribution >= 0.6 is 0 Å². The van der Waals surface area contributed by atoms with E-state index in [9.17, 15) is 9.90 Å². The molecule has 0 aliphatic rings. The zero-order valence-corrected chi connectivity index (χ0v) is 9.69. The molecule has 0 fully saturated rings. The summed E-state index contributed by atoms with van der Waals surface area (Å²) in [5.74, 6) is -1.16. The van der Waals surface area contributed by atoms with Gasteiger partial charge < -0.3 is 9.84 Å². The largest absolute Gasteiger partial charge is 0.481 e. The zero-order valence-electron chi connectivity index (χ0n) is 9.69. The number of aromatic nitrogens is 1. The minimum absolute atomic E-state index is 0.0658. The third-order valence-corrected chi connectivity index (χ3v) is 2.54. The molecule has 18 heavy (non-hydrogen) atoms. The summed E-state index contributed by atoms with van der Waals surface area (Å²) in [5.41, 5.74) is 0.723. The van der Waals surface area contributed by atoms with Crippen molar-refractivity contribution < 1.29 is 14.6 Å². The third-order valence-electron chi connectivity index (χ3n) is 2.54. The molecule has 1 N–H and O–H groups in total. The number of pyridine rings is 1. The van der Waals surface area contributed by atoms with Crippen LogP contribution in [0.1, 0.15) is 11.5 Å². The van der Waals surface area contributed by atoms with Crippen molar-refractivity contribution in [3.63, 3.8) is 0 Å². The molecule has 0 radical (unpaired) electrons. The highest BCUT2D eigenvalue weighted by Gasteiger charge is 2.20. The van der Waals surface area contributed by atoms with Crippen LogP contribution in [0.15, 0.2) is 54.7 Å². The van der Waals surface area contributed by atoms with Crippen LogP contribution in [0.25, 0.3) is 0 Å². The molecule has 0 spiro atoms. The Kier molecular flexibility index (Phi) is 3.91. The highest BCUT2D eigenvalue weighted by Crippen LogP contribution is 2.17. The summed E-state index contributed by atoms with van der Waals surface area (Å²) in [6, 6.07) is 14.3. The molecule has 1 heterocycles. The maximum Gasteiger partial charge on any atom is 0.314 e. The molecule has 0 bridgehead atoms. The van der Waals surface area contributed by atoms with Crippen molar-refractivity contribution in [3.8, 4) is 5.88 Å². The van der Waals surface area contributed by atoms with Gasteiger partial charge in [-0.25, -0.2) is 4.98 Å². The first-order valence-electron chi connectivity index (χ1n) is 5.59. The maximum absolute atomic E-state index is 11.2. The average molecular weight is 243 g/mol. The molecule has 0 saturated heterocycles. The number of hydrogen-bond donors (Lipinski definition) is 1. The van der Waals surface area contributed by atoms with Crippen LogP contribution in [-0.2, 0) is 4.79 Å². The third kappa shape index (κ3) is 3.07. The molecule has 4 nitrogen and oxygen atoms in total. The Bertz CT molecular complexity index is 499. The van der Waals surface area contributed by atoms with E-state index < -0.39 is 11.9 Å². The summed E-state index contributed by atoms with van der Waals surface area (Å²) in [4.78, 5) is 15.2. The minimum atomic E-state index is -0.905. The number of carboxylic acid groups (broad SMARTS) is 1. The van der Waals surface area contributed by atoms with Crippen LogP contribution in [0.3, 0.4) is 0 Å². The van der Waals surface area contributed by atoms with Crippen molar-refractivity contribution in [2.45, 2.75) is 5.92 Å². The van der Waals surface area contributed by atoms with Crippen LogP contribution in [0.4, 0.5) is 0 Å². The first kappa shape index (κ1) is 12.1. The van der Waals surface area contributed by atoms with Gasteiger partial charge in [-0.1, -0.05) is 36.4 Å². The van der Waals surface area contributed by atoms with Crippen LogP contribution < -0.4 is 4.74 Å². The van der Waals surface area contributed by atoms with Crippen LogP contribution in [0.2, 0.25) is 0 Å². The van der Waals surface area contributed by atoms with Gasteiger partial charge in [0.25, 0.3) is 0 Å². The van der Waals surface area contributed by atoms with E-state index >= 15 is 0 Å². The van der Waals surface area contributed by atoms with E-state index in [-0.39, 0.29) is 6.61 Å². The van der Waals surface area contributed by atoms with E-state index in [1.807, 2.05) is 18.2 Å². The highest BCUT2D eigenvalue weighted by molar-refractivity contribution is 5.76. The van der Waals surface area contributed by atoms with Crippen molar-refractivity contribution in [3.05, 3.63) is 60.3 Å². The lowest BCUT2D eigenvalue weighted by atomic mass is 10.0. The number of rotatable bonds is 5. The standard InChI is InChI=1S/C14H13NO3/c16-14(17)12(11-6-2-1-3-7-11)10-18-13-8-4-5-9-15-13/h1-9,12H,10H2,(H,16,17). The van der Waals surface area contributed by atoms with Gasteiger partial charge in [0.15, 0.2) is 0 Å². The van der Waals surface area contributed by atoms with Crippen molar-refractivity contribution >= 4 is 5.97 Å². The number of ether oxygens (including phenoxy) is 1. The molecule has 0 aliphatic carbocycles. The lowest BCUT2D eigenvalue weighted by molar-refractivity contribution is -0.139. The van der Waals surface area contributed by atoms with E-state index in [0.717, 1.165) is 5.56 Å². The first-order valence-corrected chi connectivity index (χ1v) is 5.59. The molecule has 92 valence electrons. The van der Waals surface area contributed by atoms with Gasteiger partial charge in [-0.3, -0.25) is 4.79 Å². The SMILES string of the molecule is O=C(O)C(COc1ccccn1)c1ccccc1. The van der Waals surface area contributed by atoms with Gasteiger partial charge in [0.2, 0.25) is 5.88 Å². The summed E-state index contributed by atoms with van der Waals surface area (Å²) < 4.78 is 5.39. The van der Waals surface area contributed by atoms with Crippen molar-refractivity contribution in [2.75, 3.05) is 6.61 Å². The van der Waals surface area contributed by atoms with Crippen molar-refractivity contribution in [1.29, 1.82) is 0 Å². The summed E-state index contributed by atoms with van der Waals surface area (Å²) in [7, 11) is 0. The number of hydrogen-bond acceptors (Lipinski definition) is 3. The number of aliphatic carboxylic acids is 1. The van der Waals surface area contributed by atoms with Crippen LogP contribution in [0, 0.1) is 0 Å². The van der Waals surface area contributed by atoms with E-state index in [2.05, 4.69) is 4.98 Å². The molecule has 4 heteroatoms. The fourth-order valence-corrected chi connectivity index (χ4v) is 1.60. The Morgan fingerprint density at radius 3 is 2.50 bits per heavy atom. The number of carboxylic acids is 1. The Hall–Kier alpha value is -2.36. The van der Waals surface area contributed by atoms with E-state index in [1.54, 1.807) is 36.5 Å². The average Bonchev–Trinajstić information content (AvgIpc) is 2.41. The lowest BCUT2D eigenvalue weighted by Crippen LogP contribution is -2.19. The topological polar surface area (TPSA) is 59.4 Å². The molecule has 0 saturated carbocycles. The summed E-state index contributed by atoms with van der Waals surface area (Å²) in [6.45, 7) is 0.0658. The Balaban J connectivity index is 2.06. The fraction of sp³-hybridized carbons (Fsp3) is 0.143. The Labute approximate surface area is 105 Å². The van der Waals surface area contributed by atoms with Crippen LogP contribution in [0.5, 0.6) is 5.88 Å². The van der Waals surface area contributed by atoms with Crippen molar-refractivity contribution in [1.82, 2.24) is 4.98 Å². The molecular formula is C14H13NO3. The second-order valence-electron chi connectivity index (χ2n) is 3.78. The van der Waals surface area contributed by atoms with E-state index in [1.165, 1.54) is 0 Å². The van der Waals surface area contributed by atoms with Gasteiger partial charge >= 0.3 is 5.97 Å². The summed E-state index contributed by atoms with van der Waals surface area (Å²) in [6.07, 6.45) is 1.60. The number of benzene rings is 1. The van der Waals surface area contributed by atoms with Gasteiger partial charge in [0, 0.05) is 12.3 Å². The number of nitrogens with zero attached hydrogens (tertiary/aromatic N) is 1. The first-order chi connectivity index (χ1) is 8.77. The fourth-order valence-electron chi connectivity index (χ4n) is 1.60. The Morgan fingerprint density at radius 2 is 1.89 bits per heavy atom. The quantitative estimate of drug-likeness (QED) is 0.875. The Morgan fingerprint density at radius 1 is 1.17 bits per heavy atom. The molecule has 2 aromatic rings. The summed E-state index contributed by atoms with van der Waals surface area (Å²) in [5, 5.41) is 9.20. The molecule has 1 atom stereocenters. The predicted octanol–water partition coefficient (Wildman–Crippen LogP) is 2.33. The molecule has 0 aliphatic heterocycles. The van der Waals surface area contributed by atoms with Gasteiger partial charge in [-0.05, 0) is 11.6 Å². The van der Waals surface area contributed by atoms with Crippen LogP contribution in [-0.4, -0.2) is 22.7 Å². The second-order valence-corrected chi connectivity index (χ2v) is 3.78. The lowest BCUT2D eigenvalue weighted by Gasteiger charge is -2.13. The van der Waals surface area contributed by atoms with Gasteiger partial charge in [-0.2, -0.15) is 0 Å². The second kappa shape index (κ2) is 5.82. The zero-order chi connectivity index (χ0) is 12.8. The number of carbonyl (C=O) groups is 1. The molecular weight excluding hydrogens is 230 g/mol. The van der Waals surface area contributed by atoms with Gasteiger partial charge in [0.05, 0.1) is 0 Å². The molecule has 0 amide bonds.